The molecule has 0 aromatic heterocycles. The van der Waals surface area contributed by atoms with Crippen LogP contribution in [0.4, 0.5) is 0 Å². The number of methoxy groups -OCH3 is 1. The first kappa shape index (κ1) is 14.5. The maximum Gasteiger partial charge on any atom is 0.257 e. The van der Waals surface area contributed by atoms with Crippen LogP contribution in [0.3, 0.4) is 0 Å². The molecule has 0 heterocycles. The molecule has 1 rings (SSSR count). The Kier molecular flexibility index (Phi) is 5.68. The van der Waals surface area contributed by atoms with E-state index in [2.05, 4.69) is 6.58 Å². The predicted molar refractivity (Wildman–Crippen MR) is 71.1 cm³/mol. The molecule has 1 amide bonds. The average molecular weight is 270 g/mol. The fourth-order valence-corrected chi connectivity index (χ4v) is 1.66. The van der Waals surface area contributed by atoms with Gasteiger partial charge in [0, 0.05) is 25.2 Å². The molecule has 5 heteroatoms. The summed E-state index contributed by atoms with van der Waals surface area (Å²) in [5.41, 5.74) is 0.220. The first-order valence-corrected chi connectivity index (χ1v) is 5.85. The molecule has 98 valence electrons. The van der Waals surface area contributed by atoms with Crippen molar-refractivity contribution in [2.45, 2.75) is 0 Å². The van der Waals surface area contributed by atoms with Crippen LogP contribution in [0.1, 0.15) is 10.4 Å². The summed E-state index contributed by atoms with van der Waals surface area (Å²) < 4.78 is 4.94. The first-order chi connectivity index (χ1) is 8.60. The molecule has 1 aromatic rings. The van der Waals surface area contributed by atoms with Crippen molar-refractivity contribution in [1.82, 2.24) is 4.90 Å². The lowest BCUT2D eigenvalue weighted by Gasteiger charge is -2.21. The molecule has 1 N–H and O–H groups in total. The Bertz CT molecular complexity index is 434. The van der Waals surface area contributed by atoms with Crippen molar-refractivity contribution in [3.05, 3.63) is 41.4 Å². The average Bonchev–Trinajstić information content (AvgIpc) is 2.33. The van der Waals surface area contributed by atoms with Gasteiger partial charge in [0.05, 0.1) is 12.2 Å². The fourth-order valence-electron chi connectivity index (χ4n) is 1.49. The van der Waals surface area contributed by atoms with Gasteiger partial charge in [-0.05, 0) is 18.2 Å². The topological polar surface area (TPSA) is 49.8 Å². The SMILES string of the molecule is C=CCN(CCOC)C(=O)c1ccc(Cl)cc1O. The Hall–Kier alpha value is -1.52. The van der Waals surface area contributed by atoms with E-state index >= 15 is 0 Å². The van der Waals surface area contributed by atoms with E-state index < -0.39 is 0 Å². The Morgan fingerprint density at radius 2 is 2.33 bits per heavy atom. The maximum atomic E-state index is 12.2. The summed E-state index contributed by atoms with van der Waals surface area (Å²) in [4.78, 5) is 13.7. The smallest absolute Gasteiger partial charge is 0.257 e. The van der Waals surface area contributed by atoms with Crippen molar-refractivity contribution in [3.8, 4) is 5.75 Å². The Balaban J connectivity index is 2.90. The minimum atomic E-state index is -0.277. The number of carbonyl (C=O) groups excluding carboxylic acids is 1. The van der Waals surface area contributed by atoms with Gasteiger partial charge in [-0.25, -0.2) is 0 Å². The molecule has 0 unspecified atom stereocenters. The highest BCUT2D eigenvalue weighted by Crippen LogP contribution is 2.23. The predicted octanol–water partition coefficient (Wildman–Crippen LogP) is 2.32. The third-order valence-electron chi connectivity index (χ3n) is 2.39. The van der Waals surface area contributed by atoms with Gasteiger partial charge in [-0.15, -0.1) is 6.58 Å². The number of hydrogen-bond acceptors (Lipinski definition) is 3. The summed E-state index contributed by atoms with van der Waals surface area (Å²) in [5, 5.41) is 10.1. The van der Waals surface area contributed by atoms with Gasteiger partial charge >= 0.3 is 0 Å². The standard InChI is InChI=1S/C13H16ClNO3/c1-3-6-15(7-8-18-2)13(17)11-5-4-10(14)9-12(11)16/h3-5,9,16H,1,6-8H2,2H3. The van der Waals surface area contributed by atoms with Crippen LogP contribution in [0.15, 0.2) is 30.9 Å². The number of phenolic OH excluding ortho intramolecular Hbond substituents is 1. The summed E-state index contributed by atoms with van der Waals surface area (Å²) in [5.74, 6) is -0.403. The number of halogens is 1. The normalized spacial score (nSPS) is 10.1. The second-order valence-electron chi connectivity index (χ2n) is 3.69. The van der Waals surface area contributed by atoms with E-state index in [1.165, 1.54) is 12.1 Å². The maximum absolute atomic E-state index is 12.2. The summed E-state index contributed by atoms with van der Waals surface area (Å²) in [6.45, 7) is 4.85. The van der Waals surface area contributed by atoms with Gasteiger partial charge in [0.2, 0.25) is 0 Å². The van der Waals surface area contributed by atoms with E-state index in [9.17, 15) is 9.90 Å². The molecule has 0 aliphatic carbocycles. The van der Waals surface area contributed by atoms with Gasteiger partial charge in [-0.2, -0.15) is 0 Å². The lowest BCUT2D eigenvalue weighted by Crippen LogP contribution is -2.34. The third kappa shape index (κ3) is 3.75. The molecular formula is C13H16ClNO3. The highest BCUT2D eigenvalue weighted by atomic mass is 35.5. The van der Waals surface area contributed by atoms with Crippen molar-refractivity contribution in [1.29, 1.82) is 0 Å². The van der Waals surface area contributed by atoms with Crippen LogP contribution in [-0.2, 0) is 4.74 Å². The number of carbonyl (C=O) groups is 1. The number of hydrogen-bond donors (Lipinski definition) is 1. The molecule has 0 spiro atoms. The molecule has 4 nitrogen and oxygen atoms in total. The van der Waals surface area contributed by atoms with E-state index in [1.807, 2.05) is 0 Å². The number of aromatic hydroxyl groups is 1. The van der Waals surface area contributed by atoms with E-state index in [0.717, 1.165) is 0 Å². The zero-order chi connectivity index (χ0) is 13.5. The molecule has 0 saturated carbocycles. The van der Waals surface area contributed by atoms with Crippen molar-refractivity contribution in [2.75, 3.05) is 26.8 Å². The Morgan fingerprint density at radius 1 is 1.61 bits per heavy atom. The summed E-state index contributed by atoms with van der Waals surface area (Å²) >= 11 is 5.72. The van der Waals surface area contributed by atoms with Crippen LogP contribution in [-0.4, -0.2) is 42.7 Å². The monoisotopic (exact) mass is 269 g/mol. The number of ether oxygens (including phenoxy) is 1. The Morgan fingerprint density at radius 3 is 2.89 bits per heavy atom. The van der Waals surface area contributed by atoms with Crippen molar-refractivity contribution >= 4 is 17.5 Å². The quantitative estimate of drug-likeness (QED) is 0.807. The zero-order valence-corrected chi connectivity index (χ0v) is 11.0. The largest absolute Gasteiger partial charge is 0.507 e. The number of nitrogens with zero attached hydrogens (tertiary/aromatic N) is 1. The summed E-state index contributed by atoms with van der Waals surface area (Å²) in [6.07, 6.45) is 1.63. The van der Waals surface area contributed by atoms with Crippen LogP contribution in [0.25, 0.3) is 0 Å². The number of rotatable bonds is 6. The molecule has 0 atom stereocenters. The molecular weight excluding hydrogens is 254 g/mol. The lowest BCUT2D eigenvalue weighted by atomic mass is 10.1. The second-order valence-corrected chi connectivity index (χ2v) is 4.13. The number of phenols is 1. The van der Waals surface area contributed by atoms with Gasteiger partial charge < -0.3 is 14.7 Å². The molecule has 0 aliphatic heterocycles. The van der Waals surface area contributed by atoms with Gasteiger partial charge in [0.1, 0.15) is 5.75 Å². The molecule has 0 radical (unpaired) electrons. The first-order valence-electron chi connectivity index (χ1n) is 5.47. The van der Waals surface area contributed by atoms with Gasteiger partial charge in [0.15, 0.2) is 0 Å². The van der Waals surface area contributed by atoms with Crippen LogP contribution < -0.4 is 0 Å². The lowest BCUT2D eigenvalue weighted by molar-refractivity contribution is 0.0715. The Labute approximate surface area is 111 Å². The van der Waals surface area contributed by atoms with Crippen molar-refractivity contribution in [2.24, 2.45) is 0 Å². The van der Waals surface area contributed by atoms with Gasteiger partial charge in [0.25, 0.3) is 5.91 Å². The summed E-state index contributed by atoms with van der Waals surface area (Å²) in [6, 6.07) is 4.41. The summed E-state index contributed by atoms with van der Waals surface area (Å²) in [7, 11) is 1.57. The third-order valence-corrected chi connectivity index (χ3v) is 2.63. The van der Waals surface area contributed by atoms with E-state index in [-0.39, 0.29) is 17.2 Å². The zero-order valence-electron chi connectivity index (χ0n) is 10.2. The molecule has 0 aliphatic rings. The minimum absolute atomic E-state index is 0.126. The number of benzene rings is 1. The molecule has 0 fully saturated rings. The van der Waals surface area contributed by atoms with Crippen LogP contribution >= 0.6 is 11.6 Å². The van der Waals surface area contributed by atoms with Crippen LogP contribution in [0, 0.1) is 0 Å². The van der Waals surface area contributed by atoms with Crippen molar-refractivity contribution in [3.63, 3.8) is 0 Å². The van der Waals surface area contributed by atoms with Crippen LogP contribution in [0.2, 0.25) is 5.02 Å². The van der Waals surface area contributed by atoms with Gasteiger partial charge in [-0.1, -0.05) is 17.7 Å². The number of amides is 1. The van der Waals surface area contributed by atoms with Crippen LogP contribution in [0.5, 0.6) is 5.75 Å². The van der Waals surface area contributed by atoms with E-state index in [0.29, 0.717) is 24.7 Å². The van der Waals surface area contributed by atoms with E-state index in [1.54, 1.807) is 24.2 Å². The second kappa shape index (κ2) is 7.03. The molecule has 18 heavy (non-hydrogen) atoms. The highest BCUT2D eigenvalue weighted by Gasteiger charge is 2.17. The molecule has 0 bridgehead atoms. The molecule has 0 saturated heterocycles. The fraction of sp³-hybridized carbons (Fsp3) is 0.308. The van der Waals surface area contributed by atoms with E-state index in [4.69, 9.17) is 16.3 Å². The molecule has 1 aromatic carbocycles. The van der Waals surface area contributed by atoms with Crippen molar-refractivity contribution < 1.29 is 14.6 Å². The highest BCUT2D eigenvalue weighted by molar-refractivity contribution is 6.30. The van der Waals surface area contributed by atoms with Gasteiger partial charge in [-0.3, -0.25) is 4.79 Å². The minimum Gasteiger partial charge on any atom is -0.507 e.